The fourth-order valence-electron chi connectivity index (χ4n) is 7.15. The van der Waals surface area contributed by atoms with Crippen molar-refractivity contribution in [3.63, 3.8) is 0 Å². The Balaban J connectivity index is 1.11. The van der Waals surface area contributed by atoms with Gasteiger partial charge < -0.3 is 13.7 Å². The number of fused-ring (bicyclic) bond motifs is 6. The SMILES string of the molecule is c1ccc(-c2ccc(N(c3cccc(-c4ccc5ccccc5c4)c3)c3ccc4c(c3)oc3ccc5nc(-c6ccccc6)oc5c34)cc2)cc1. The zero-order valence-electron chi connectivity index (χ0n) is 27.5. The van der Waals surface area contributed by atoms with Gasteiger partial charge in [0.05, 0.1) is 5.39 Å². The second-order valence-electron chi connectivity index (χ2n) is 12.8. The Hall–Kier alpha value is -6.91. The molecule has 0 saturated heterocycles. The third-order valence-corrected chi connectivity index (χ3v) is 9.67. The highest BCUT2D eigenvalue weighted by Crippen LogP contribution is 2.42. The zero-order chi connectivity index (χ0) is 33.7. The van der Waals surface area contributed by atoms with E-state index in [0.29, 0.717) is 5.89 Å². The van der Waals surface area contributed by atoms with Crippen LogP contribution in [0.1, 0.15) is 0 Å². The highest BCUT2D eigenvalue weighted by atomic mass is 16.4. The third-order valence-electron chi connectivity index (χ3n) is 9.67. The molecule has 0 atom stereocenters. The summed E-state index contributed by atoms with van der Waals surface area (Å²) in [7, 11) is 0. The van der Waals surface area contributed by atoms with Crippen molar-refractivity contribution in [1.82, 2.24) is 4.98 Å². The van der Waals surface area contributed by atoms with Crippen LogP contribution >= 0.6 is 0 Å². The van der Waals surface area contributed by atoms with Crippen molar-refractivity contribution in [2.24, 2.45) is 0 Å². The van der Waals surface area contributed by atoms with Gasteiger partial charge in [-0.1, -0.05) is 109 Å². The van der Waals surface area contributed by atoms with E-state index < -0.39 is 0 Å². The topological polar surface area (TPSA) is 42.4 Å². The molecular formula is C47H30N2O2. The molecule has 4 nitrogen and oxygen atoms in total. The van der Waals surface area contributed by atoms with Gasteiger partial charge in [-0.3, -0.25) is 0 Å². The first-order valence-electron chi connectivity index (χ1n) is 17.1. The summed E-state index contributed by atoms with van der Waals surface area (Å²) in [5.41, 5.74) is 11.8. The van der Waals surface area contributed by atoms with Crippen LogP contribution in [-0.4, -0.2) is 4.98 Å². The largest absolute Gasteiger partial charge is 0.456 e. The van der Waals surface area contributed by atoms with E-state index in [1.165, 1.54) is 27.5 Å². The van der Waals surface area contributed by atoms with Gasteiger partial charge in [0.2, 0.25) is 5.89 Å². The smallest absolute Gasteiger partial charge is 0.227 e. The summed E-state index contributed by atoms with van der Waals surface area (Å²) in [6.45, 7) is 0. The molecule has 4 heteroatoms. The van der Waals surface area contributed by atoms with Crippen LogP contribution in [0.5, 0.6) is 0 Å². The Morgan fingerprint density at radius 2 is 1.04 bits per heavy atom. The number of hydrogen-bond donors (Lipinski definition) is 0. The minimum Gasteiger partial charge on any atom is -0.456 e. The second kappa shape index (κ2) is 11.9. The molecule has 0 saturated carbocycles. The highest BCUT2D eigenvalue weighted by Gasteiger charge is 2.20. The van der Waals surface area contributed by atoms with Crippen molar-refractivity contribution in [1.29, 1.82) is 0 Å². The summed E-state index contributed by atoms with van der Waals surface area (Å²) in [5, 5.41) is 4.37. The van der Waals surface area contributed by atoms with E-state index in [9.17, 15) is 0 Å². The van der Waals surface area contributed by atoms with E-state index in [4.69, 9.17) is 13.8 Å². The van der Waals surface area contributed by atoms with E-state index >= 15 is 0 Å². The van der Waals surface area contributed by atoms with Gasteiger partial charge in [0.15, 0.2) is 5.58 Å². The van der Waals surface area contributed by atoms with Crippen molar-refractivity contribution in [2.45, 2.75) is 0 Å². The number of anilines is 3. The quantitative estimate of drug-likeness (QED) is 0.179. The molecule has 0 amide bonds. The molecule has 0 aliphatic carbocycles. The fraction of sp³-hybridized carbons (Fsp3) is 0. The van der Waals surface area contributed by atoms with Crippen molar-refractivity contribution in [3.05, 3.63) is 182 Å². The molecule has 0 aliphatic rings. The maximum atomic E-state index is 6.53. The molecule has 2 aromatic heterocycles. The molecule has 0 spiro atoms. The molecule has 10 rings (SSSR count). The van der Waals surface area contributed by atoms with Crippen LogP contribution < -0.4 is 4.90 Å². The van der Waals surface area contributed by atoms with Crippen LogP contribution in [0.15, 0.2) is 191 Å². The van der Waals surface area contributed by atoms with Crippen LogP contribution in [0.3, 0.4) is 0 Å². The maximum Gasteiger partial charge on any atom is 0.227 e. The summed E-state index contributed by atoms with van der Waals surface area (Å²) >= 11 is 0. The van der Waals surface area contributed by atoms with Gasteiger partial charge in [0.25, 0.3) is 0 Å². The molecule has 240 valence electrons. The van der Waals surface area contributed by atoms with Crippen LogP contribution in [-0.2, 0) is 0 Å². The average Bonchev–Trinajstić information content (AvgIpc) is 3.80. The molecule has 8 aromatic carbocycles. The predicted molar refractivity (Wildman–Crippen MR) is 210 cm³/mol. The van der Waals surface area contributed by atoms with E-state index in [0.717, 1.165) is 61.2 Å². The number of furan rings is 1. The van der Waals surface area contributed by atoms with Gasteiger partial charge in [-0.25, -0.2) is 4.98 Å². The number of benzene rings is 8. The monoisotopic (exact) mass is 654 g/mol. The van der Waals surface area contributed by atoms with Crippen LogP contribution in [0, 0.1) is 0 Å². The van der Waals surface area contributed by atoms with Gasteiger partial charge in [-0.15, -0.1) is 0 Å². The lowest BCUT2D eigenvalue weighted by Gasteiger charge is -2.26. The van der Waals surface area contributed by atoms with Crippen LogP contribution in [0.4, 0.5) is 17.1 Å². The first-order chi connectivity index (χ1) is 25.2. The van der Waals surface area contributed by atoms with Crippen LogP contribution in [0.25, 0.3) is 77.5 Å². The summed E-state index contributed by atoms with van der Waals surface area (Å²) in [6.07, 6.45) is 0. The summed E-state index contributed by atoms with van der Waals surface area (Å²) in [6, 6.07) is 63.5. The lowest BCUT2D eigenvalue weighted by Crippen LogP contribution is -2.10. The molecule has 2 heterocycles. The molecule has 51 heavy (non-hydrogen) atoms. The van der Waals surface area contributed by atoms with Gasteiger partial charge in [0, 0.05) is 34.1 Å². The Kier molecular flexibility index (Phi) is 6.78. The molecule has 10 aromatic rings. The maximum absolute atomic E-state index is 6.53. The van der Waals surface area contributed by atoms with Crippen molar-refractivity contribution in [3.8, 4) is 33.7 Å². The molecule has 0 radical (unpaired) electrons. The normalized spacial score (nSPS) is 11.5. The number of hydrogen-bond acceptors (Lipinski definition) is 4. The van der Waals surface area contributed by atoms with E-state index in [1.54, 1.807) is 0 Å². The van der Waals surface area contributed by atoms with E-state index in [1.807, 2.05) is 48.5 Å². The Morgan fingerprint density at radius 1 is 0.392 bits per heavy atom. The molecule has 0 aliphatic heterocycles. The molecular weight excluding hydrogens is 625 g/mol. The van der Waals surface area contributed by atoms with E-state index in [-0.39, 0.29) is 0 Å². The highest BCUT2D eigenvalue weighted by molar-refractivity contribution is 6.17. The number of oxazole rings is 1. The number of aromatic nitrogens is 1. The molecule has 0 fully saturated rings. The van der Waals surface area contributed by atoms with Crippen molar-refractivity contribution < 1.29 is 8.83 Å². The second-order valence-corrected chi connectivity index (χ2v) is 12.8. The average molecular weight is 655 g/mol. The first kappa shape index (κ1) is 29.0. The Bertz CT molecular complexity index is 2850. The lowest BCUT2D eigenvalue weighted by atomic mass is 10.00. The van der Waals surface area contributed by atoms with Gasteiger partial charge in [0.1, 0.15) is 16.7 Å². The summed E-state index contributed by atoms with van der Waals surface area (Å²) < 4.78 is 12.9. The van der Waals surface area contributed by atoms with Gasteiger partial charge in [-0.2, -0.15) is 0 Å². The molecule has 0 bridgehead atoms. The first-order valence-corrected chi connectivity index (χ1v) is 17.1. The summed E-state index contributed by atoms with van der Waals surface area (Å²) in [5.74, 6) is 0.598. The Morgan fingerprint density at radius 3 is 1.86 bits per heavy atom. The van der Waals surface area contributed by atoms with Gasteiger partial charge >= 0.3 is 0 Å². The summed E-state index contributed by atoms with van der Waals surface area (Å²) in [4.78, 5) is 7.10. The Labute approximate surface area is 294 Å². The van der Waals surface area contributed by atoms with E-state index in [2.05, 4.69) is 138 Å². The third kappa shape index (κ3) is 5.13. The van der Waals surface area contributed by atoms with Crippen LogP contribution in [0.2, 0.25) is 0 Å². The van der Waals surface area contributed by atoms with Crippen molar-refractivity contribution in [2.75, 3.05) is 4.90 Å². The minimum absolute atomic E-state index is 0.598. The fourth-order valence-corrected chi connectivity index (χ4v) is 7.15. The number of rotatable bonds is 6. The van der Waals surface area contributed by atoms with Gasteiger partial charge in [-0.05, 0) is 99.8 Å². The minimum atomic E-state index is 0.598. The zero-order valence-corrected chi connectivity index (χ0v) is 27.5. The predicted octanol–water partition coefficient (Wildman–Crippen LogP) is 13.4. The standard InChI is InChI=1S/C47H30N2O2/c1-3-10-31(11-4-1)33-20-22-38(23-21-33)49(39-17-9-16-36(29-39)37-19-18-32-12-7-8-15-35(32)28-37)40-24-25-41-44(30-40)50-43-27-26-42-46(45(41)43)51-47(48-42)34-13-5-2-6-14-34/h1-30H. The number of nitrogens with zero attached hydrogens (tertiary/aromatic N) is 2. The van der Waals surface area contributed by atoms with Crippen molar-refractivity contribution >= 4 is 60.9 Å². The molecule has 0 N–H and O–H groups in total. The molecule has 0 unspecified atom stereocenters. The lowest BCUT2D eigenvalue weighted by molar-refractivity contribution is 0.622.